The molecule has 2 rings (SSSR count). The Kier molecular flexibility index (Phi) is 6.04. The van der Waals surface area contributed by atoms with Crippen LogP contribution < -0.4 is 5.43 Å². The lowest BCUT2D eigenvalue weighted by Crippen LogP contribution is -2.16. The van der Waals surface area contributed by atoms with Crippen LogP contribution in [0.1, 0.15) is 36.3 Å². The van der Waals surface area contributed by atoms with Crippen LogP contribution in [0.15, 0.2) is 27.4 Å². The molecule has 2 aromatic rings. The van der Waals surface area contributed by atoms with Gasteiger partial charge < -0.3 is 19.4 Å². The SMILES string of the molecule is CCOC(=O)C[C@@H](c1ccc(F)c(F)c1F)c1oc(CO)cc(=O)c1O. The molecule has 0 saturated heterocycles. The molecule has 1 heterocycles. The summed E-state index contributed by atoms with van der Waals surface area (Å²) < 4.78 is 51.0. The molecule has 0 radical (unpaired) electrons. The minimum absolute atomic E-state index is 0.00156. The zero-order valence-electron chi connectivity index (χ0n) is 13.6. The number of carbonyl (C=O) groups excluding carboxylic acids is 1. The molecule has 0 unspecified atom stereocenters. The first kappa shape index (κ1) is 19.5. The molecule has 0 spiro atoms. The van der Waals surface area contributed by atoms with Crippen LogP contribution in [0.2, 0.25) is 0 Å². The van der Waals surface area contributed by atoms with Gasteiger partial charge in [-0.05, 0) is 13.0 Å². The van der Waals surface area contributed by atoms with Gasteiger partial charge in [-0.2, -0.15) is 0 Å². The van der Waals surface area contributed by atoms with Crippen molar-refractivity contribution in [3.63, 3.8) is 0 Å². The van der Waals surface area contributed by atoms with Crippen molar-refractivity contribution >= 4 is 5.97 Å². The first-order chi connectivity index (χ1) is 12.3. The molecule has 6 nitrogen and oxygen atoms in total. The Balaban J connectivity index is 2.67. The highest BCUT2D eigenvalue weighted by atomic mass is 19.2. The number of hydrogen-bond donors (Lipinski definition) is 2. The fourth-order valence-corrected chi connectivity index (χ4v) is 2.41. The Morgan fingerprint density at radius 2 is 1.96 bits per heavy atom. The number of aromatic hydroxyl groups is 1. The molecule has 0 aliphatic rings. The number of rotatable bonds is 6. The smallest absolute Gasteiger partial charge is 0.306 e. The summed E-state index contributed by atoms with van der Waals surface area (Å²) >= 11 is 0. The van der Waals surface area contributed by atoms with Crippen LogP contribution in [0.4, 0.5) is 13.2 Å². The second-order valence-electron chi connectivity index (χ2n) is 5.27. The zero-order chi connectivity index (χ0) is 19.4. The average Bonchev–Trinajstić information content (AvgIpc) is 2.61. The van der Waals surface area contributed by atoms with Crippen LogP contribution in [0, 0.1) is 17.5 Å². The maximum Gasteiger partial charge on any atom is 0.306 e. The van der Waals surface area contributed by atoms with Crippen LogP contribution in [0.3, 0.4) is 0 Å². The number of carbonyl (C=O) groups is 1. The molecule has 9 heteroatoms. The minimum atomic E-state index is -1.78. The third kappa shape index (κ3) is 3.88. The van der Waals surface area contributed by atoms with E-state index in [1.807, 2.05) is 0 Å². The van der Waals surface area contributed by atoms with E-state index in [0.29, 0.717) is 6.07 Å². The monoisotopic (exact) mass is 372 g/mol. The van der Waals surface area contributed by atoms with Crippen LogP contribution >= 0.6 is 0 Å². The summed E-state index contributed by atoms with van der Waals surface area (Å²) in [5, 5.41) is 19.1. The summed E-state index contributed by atoms with van der Waals surface area (Å²) in [6.07, 6.45) is -0.624. The van der Waals surface area contributed by atoms with Gasteiger partial charge in [0, 0.05) is 11.6 Å². The van der Waals surface area contributed by atoms with Crippen LogP contribution in [0.25, 0.3) is 0 Å². The lowest BCUT2D eigenvalue weighted by atomic mass is 9.91. The molecule has 1 aromatic heterocycles. The van der Waals surface area contributed by atoms with Gasteiger partial charge in [0.2, 0.25) is 11.2 Å². The largest absolute Gasteiger partial charge is 0.502 e. The Morgan fingerprint density at radius 3 is 2.58 bits per heavy atom. The fourth-order valence-electron chi connectivity index (χ4n) is 2.41. The lowest BCUT2D eigenvalue weighted by molar-refractivity contribution is -0.143. The Hall–Kier alpha value is -2.81. The molecule has 0 saturated carbocycles. The highest BCUT2D eigenvalue weighted by molar-refractivity contribution is 5.71. The summed E-state index contributed by atoms with van der Waals surface area (Å²) in [6, 6.07) is 2.31. The van der Waals surface area contributed by atoms with Crippen molar-refractivity contribution in [1.29, 1.82) is 0 Å². The highest BCUT2D eigenvalue weighted by Crippen LogP contribution is 2.35. The molecular formula is C17H15F3O6. The van der Waals surface area contributed by atoms with E-state index in [2.05, 4.69) is 0 Å². The van der Waals surface area contributed by atoms with Crippen LogP contribution in [-0.2, 0) is 16.1 Å². The van der Waals surface area contributed by atoms with E-state index in [-0.39, 0.29) is 12.4 Å². The number of ether oxygens (including phenoxy) is 1. The topological polar surface area (TPSA) is 97.0 Å². The van der Waals surface area contributed by atoms with Gasteiger partial charge in [0.25, 0.3) is 0 Å². The van der Waals surface area contributed by atoms with Gasteiger partial charge in [0.05, 0.1) is 18.9 Å². The van der Waals surface area contributed by atoms with E-state index in [4.69, 9.17) is 14.3 Å². The van der Waals surface area contributed by atoms with Crippen molar-refractivity contribution in [2.75, 3.05) is 6.61 Å². The first-order valence-electron chi connectivity index (χ1n) is 7.55. The van der Waals surface area contributed by atoms with Crippen molar-refractivity contribution in [3.05, 3.63) is 63.0 Å². The van der Waals surface area contributed by atoms with Gasteiger partial charge in [-0.15, -0.1) is 0 Å². The Morgan fingerprint density at radius 1 is 1.27 bits per heavy atom. The molecule has 2 N–H and O–H groups in total. The van der Waals surface area contributed by atoms with Gasteiger partial charge in [0.15, 0.2) is 23.2 Å². The normalized spacial score (nSPS) is 12.0. The molecule has 140 valence electrons. The minimum Gasteiger partial charge on any atom is -0.502 e. The molecule has 0 fully saturated rings. The molecule has 0 amide bonds. The van der Waals surface area contributed by atoms with E-state index >= 15 is 0 Å². The number of aliphatic hydroxyl groups is 1. The lowest BCUT2D eigenvalue weighted by Gasteiger charge is -2.18. The summed E-state index contributed by atoms with van der Waals surface area (Å²) in [5.41, 5.74) is -1.47. The van der Waals surface area contributed by atoms with E-state index < -0.39 is 64.9 Å². The fraction of sp³-hybridized carbons (Fsp3) is 0.294. The molecule has 26 heavy (non-hydrogen) atoms. The highest BCUT2D eigenvalue weighted by Gasteiger charge is 2.30. The molecule has 1 atom stereocenters. The number of benzene rings is 1. The van der Waals surface area contributed by atoms with Gasteiger partial charge >= 0.3 is 5.97 Å². The van der Waals surface area contributed by atoms with E-state index in [1.165, 1.54) is 6.92 Å². The van der Waals surface area contributed by atoms with Crippen LogP contribution in [0.5, 0.6) is 5.75 Å². The third-order valence-electron chi connectivity index (χ3n) is 3.59. The van der Waals surface area contributed by atoms with Crippen molar-refractivity contribution in [1.82, 2.24) is 0 Å². The summed E-state index contributed by atoms with van der Waals surface area (Å²) in [6.45, 7) is 0.808. The average molecular weight is 372 g/mol. The van der Waals surface area contributed by atoms with Crippen molar-refractivity contribution in [2.45, 2.75) is 25.9 Å². The number of hydrogen-bond acceptors (Lipinski definition) is 6. The third-order valence-corrected chi connectivity index (χ3v) is 3.59. The maximum atomic E-state index is 14.2. The molecule has 0 aliphatic carbocycles. The van der Waals surface area contributed by atoms with Crippen molar-refractivity contribution in [2.24, 2.45) is 0 Å². The number of halogens is 3. The molecule has 0 bridgehead atoms. The standard InChI is InChI=1S/C17H15F3O6/c1-2-25-13(23)6-10(9-3-4-11(18)15(20)14(9)19)17-16(24)12(22)5-8(7-21)26-17/h3-5,10,21,24H,2,6-7H2,1H3/t10-/m0/s1. The van der Waals surface area contributed by atoms with Crippen LogP contribution in [-0.4, -0.2) is 22.8 Å². The summed E-state index contributed by atoms with van der Waals surface area (Å²) in [4.78, 5) is 23.7. The zero-order valence-corrected chi connectivity index (χ0v) is 13.6. The molecule has 0 aliphatic heterocycles. The Bertz CT molecular complexity index is 878. The van der Waals surface area contributed by atoms with E-state index in [0.717, 1.165) is 12.1 Å². The van der Waals surface area contributed by atoms with Crippen molar-refractivity contribution < 1.29 is 37.3 Å². The number of aliphatic hydroxyl groups excluding tert-OH is 1. The first-order valence-corrected chi connectivity index (χ1v) is 7.55. The van der Waals surface area contributed by atoms with Gasteiger partial charge in [-0.25, -0.2) is 13.2 Å². The van der Waals surface area contributed by atoms with Gasteiger partial charge in [0.1, 0.15) is 12.4 Å². The maximum absolute atomic E-state index is 14.2. The van der Waals surface area contributed by atoms with Gasteiger partial charge in [-0.3, -0.25) is 9.59 Å². The summed E-state index contributed by atoms with van der Waals surface area (Å²) in [7, 11) is 0. The summed E-state index contributed by atoms with van der Waals surface area (Å²) in [5.74, 6) is -8.94. The van der Waals surface area contributed by atoms with E-state index in [1.54, 1.807) is 0 Å². The van der Waals surface area contributed by atoms with Gasteiger partial charge in [-0.1, -0.05) is 6.07 Å². The predicted molar refractivity (Wildman–Crippen MR) is 82.0 cm³/mol. The van der Waals surface area contributed by atoms with Crippen molar-refractivity contribution in [3.8, 4) is 5.75 Å². The second kappa shape index (κ2) is 8.05. The quantitative estimate of drug-likeness (QED) is 0.597. The van der Waals surface area contributed by atoms with E-state index in [9.17, 15) is 27.9 Å². The number of esters is 1. The molecular weight excluding hydrogens is 357 g/mol. The Labute approximate surface area is 145 Å². The molecule has 1 aromatic carbocycles. The second-order valence-corrected chi connectivity index (χ2v) is 5.27. The predicted octanol–water partition coefficient (Wildman–Crippen LogP) is 2.34.